The number of aliphatic hydroxyl groups is 9. The van der Waals surface area contributed by atoms with Crippen LogP contribution < -0.4 is 0 Å². The minimum atomic E-state index is -1.81. The Hall–Kier alpha value is -0.560. The van der Waals surface area contributed by atoms with Crippen LogP contribution in [0.25, 0.3) is 0 Å². The number of hydrogen-bond donors (Lipinski definition) is 9. The van der Waals surface area contributed by atoms with Gasteiger partial charge in [-0.2, -0.15) is 0 Å². The van der Waals surface area contributed by atoms with Crippen LogP contribution in [0.2, 0.25) is 0 Å². The Morgan fingerprint density at radius 2 is 1.09 bits per heavy atom. The van der Waals surface area contributed by atoms with Gasteiger partial charge in [-0.1, -0.05) is 0 Å². The maximum atomic E-state index is 10.6. The molecule has 0 amide bonds. The molecule has 0 bridgehead atoms. The van der Waals surface area contributed by atoms with Gasteiger partial charge in [-0.15, -0.1) is 0 Å². The van der Waals surface area contributed by atoms with Gasteiger partial charge in [0.1, 0.15) is 61.0 Å². The van der Waals surface area contributed by atoms with Crippen molar-refractivity contribution in [2.24, 2.45) is 0 Å². The van der Waals surface area contributed by atoms with Crippen molar-refractivity contribution >= 4 is 0 Å². The van der Waals surface area contributed by atoms with E-state index in [0.29, 0.717) is 0 Å². The molecule has 14 nitrogen and oxygen atoms in total. The molecule has 3 fully saturated rings. The molecule has 0 spiro atoms. The van der Waals surface area contributed by atoms with Crippen LogP contribution in [0, 0.1) is 0 Å². The van der Waals surface area contributed by atoms with Gasteiger partial charge in [0.05, 0.1) is 18.8 Å². The highest BCUT2D eigenvalue weighted by molar-refractivity contribution is 4.95. The second kappa shape index (κ2) is 10.4. The molecule has 3 saturated heterocycles. The number of ether oxygens (including phenoxy) is 5. The van der Waals surface area contributed by atoms with Crippen molar-refractivity contribution < 1.29 is 69.6 Å². The molecular weight excluding hydrogens is 440 g/mol. The zero-order valence-corrected chi connectivity index (χ0v) is 17.4. The molecule has 14 heteroatoms. The average Bonchev–Trinajstić information content (AvgIpc) is 2.76. The first kappa shape index (κ1) is 26.1. The summed E-state index contributed by atoms with van der Waals surface area (Å²) in [5.41, 5.74) is 0. The zero-order chi connectivity index (χ0) is 23.9. The number of rotatable bonds is 5. The van der Waals surface area contributed by atoms with Gasteiger partial charge in [-0.25, -0.2) is 0 Å². The normalized spacial score (nSPS) is 55.0. The molecule has 188 valence electrons. The largest absolute Gasteiger partial charge is 0.394 e. The summed E-state index contributed by atoms with van der Waals surface area (Å²) in [6.07, 6.45) is -22.6. The lowest BCUT2D eigenvalue weighted by molar-refractivity contribution is -0.383. The molecule has 3 aliphatic rings. The Bertz CT molecular complexity index is 610. The molecule has 32 heavy (non-hydrogen) atoms. The fraction of sp³-hybridized carbons (Fsp3) is 1.00. The molecule has 0 radical (unpaired) electrons. The molecule has 0 aromatic rings. The second-order valence-corrected chi connectivity index (χ2v) is 8.30. The fourth-order valence-corrected chi connectivity index (χ4v) is 3.92. The van der Waals surface area contributed by atoms with Crippen molar-refractivity contribution in [3.63, 3.8) is 0 Å². The Morgan fingerprint density at radius 1 is 0.562 bits per heavy atom. The van der Waals surface area contributed by atoms with Gasteiger partial charge in [-0.3, -0.25) is 0 Å². The Labute approximate surface area is 183 Å². The molecule has 0 saturated carbocycles. The molecule has 3 rings (SSSR count). The number of aliphatic hydroxyl groups excluding tert-OH is 9. The lowest BCUT2D eigenvalue weighted by Crippen LogP contribution is -2.66. The Morgan fingerprint density at radius 3 is 1.69 bits per heavy atom. The van der Waals surface area contributed by atoms with Gasteiger partial charge in [0, 0.05) is 0 Å². The predicted octanol–water partition coefficient (Wildman–Crippen LogP) is -5.52. The summed E-state index contributed by atoms with van der Waals surface area (Å²) in [4.78, 5) is 0. The molecule has 0 aromatic heterocycles. The van der Waals surface area contributed by atoms with E-state index in [1.54, 1.807) is 0 Å². The van der Waals surface area contributed by atoms with E-state index in [4.69, 9.17) is 23.7 Å². The molecule has 3 heterocycles. The van der Waals surface area contributed by atoms with Gasteiger partial charge in [0.2, 0.25) is 0 Å². The van der Waals surface area contributed by atoms with Crippen LogP contribution in [0.15, 0.2) is 0 Å². The topological polar surface area (TPSA) is 228 Å². The molecule has 9 N–H and O–H groups in total. The van der Waals surface area contributed by atoms with E-state index >= 15 is 0 Å². The van der Waals surface area contributed by atoms with Gasteiger partial charge in [0.15, 0.2) is 18.9 Å². The highest BCUT2D eigenvalue weighted by Gasteiger charge is 2.52. The van der Waals surface area contributed by atoms with Crippen LogP contribution in [0.3, 0.4) is 0 Å². The summed E-state index contributed by atoms with van der Waals surface area (Å²) in [7, 11) is 0. The van der Waals surface area contributed by atoms with Crippen LogP contribution in [-0.4, -0.2) is 145 Å². The van der Waals surface area contributed by atoms with Gasteiger partial charge in [0.25, 0.3) is 0 Å². The summed E-state index contributed by atoms with van der Waals surface area (Å²) < 4.78 is 26.9. The van der Waals surface area contributed by atoms with Crippen molar-refractivity contribution in [2.75, 3.05) is 6.61 Å². The highest BCUT2D eigenvalue weighted by Crippen LogP contribution is 2.32. The van der Waals surface area contributed by atoms with Crippen LogP contribution in [0.5, 0.6) is 0 Å². The highest BCUT2D eigenvalue weighted by atomic mass is 16.8. The first-order valence-electron chi connectivity index (χ1n) is 10.3. The van der Waals surface area contributed by atoms with E-state index in [1.165, 1.54) is 13.8 Å². The summed E-state index contributed by atoms with van der Waals surface area (Å²) in [5, 5.41) is 90.6. The predicted molar refractivity (Wildman–Crippen MR) is 98.4 cm³/mol. The van der Waals surface area contributed by atoms with Crippen LogP contribution in [-0.2, 0) is 23.7 Å². The minimum Gasteiger partial charge on any atom is -0.394 e. The maximum absolute atomic E-state index is 10.6. The molecular formula is C18H32O14. The van der Waals surface area contributed by atoms with E-state index in [0.717, 1.165) is 0 Å². The van der Waals surface area contributed by atoms with Crippen molar-refractivity contribution in [3.05, 3.63) is 0 Å². The van der Waals surface area contributed by atoms with E-state index in [2.05, 4.69) is 0 Å². The van der Waals surface area contributed by atoms with E-state index in [-0.39, 0.29) is 0 Å². The Kier molecular flexibility index (Phi) is 8.44. The second-order valence-electron chi connectivity index (χ2n) is 8.30. The number of hydrogen-bond acceptors (Lipinski definition) is 14. The molecule has 3 aliphatic heterocycles. The van der Waals surface area contributed by atoms with Crippen LogP contribution in [0.1, 0.15) is 13.8 Å². The van der Waals surface area contributed by atoms with E-state index in [9.17, 15) is 46.0 Å². The molecule has 0 unspecified atom stereocenters. The zero-order valence-electron chi connectivity index (χ0n) is 17.4. The molecule has 15 atom stereocenters. The summed E-state index contributed by atoms with van der Waals surface area (Å²) >= 11 is 0. The monoisotopic (exact) mass is 472 g/mol. The van der Waals surface area contributed by atoms with Crippen molar-refractivity contribution in [2.45, 2.75) is 106 Å². The van der Waals surface area contributed by atoms with Gasteiger partial charge in [-0.05, 0) is 13.8 Å². The smallest absolute Gasteiger partial charge is 0.187 e. The standard InChI is InChI=1S/C18H32O14/c1-4-7(20)10(23)12(25)17(28-4)32-15-11(24)8(21)5(2)29-18(15)31-14-9(22)6(3-19)30-16(27)13(14)26/h4-27H,3H2,1-2H3/t4-,5-,6+,7-,8-,9+,10+,11+,12+,13-,14-,15+,16-,17-,18-/m0/s1. The van der Waals surface area contributed by atoms with E-state index in [1.807, 2.05) is 0 Å². The van der Waals surface area contributed by atoms with Crippen LogP contribution >= 0.6 is 0 Å². The SMILES string of the molecule is C[C@@H]1O[C@@H](O[C@H]2[C@H](O[C@@H]3[C@H](O)[C@@H](O)O[C@H](CO)[C@H]3O)O[C@@H](C)[C@H](O)[C@H]2O)[C@H](O)[C@H](O)[C@H]1O. The molecule has 0 aliphatic carbocycles. The first-order chi connectivity index (χ1) is 15.0. The van der Waals surface area contributed by atoms with Crippen molar-refractivity contribution in [1.82, 2.24) is 0 Å². The third-order valence-electron chi connectivity index (χ3n) is 6.02. The Balaban J connectivity index is 1.81. The minimum absolute atomic E-state index is 0.700. The first-order valence-corrected chi connectivity index (χ1v) is 10.3. The molecule has 0 aromatic carbocycles. The van der Waals surface area contributed by atoms with Gasteiger partial charge < -0.3 is 69.6 Å². The lowest BCUT2D eigenvalue weighted by Gasteiger charge is -2.47. The quantitative estimate of drug-likeness (QED) is 0.182. The summed E-state index contributed by atoms with van der Waals surface area (Å²) in [6, 6.07) is 0. The van der Waals surface area contributed by atoms with Crippen molar-refractivity contribution in [3.8, 4) is 0 Å². The summed E-state index contributed by atoms with van der Waals surface area (Å²) in [6.45, 7) is 2.13. The van der Waals surface area contributed by atoms with Crippen LogP contribution in [0.4, 0.5) is 0 Å². The van der Waals surface area contributed by atoms with Crippen molar-refractivity contribution in [1.29, 1.82) is 0 Å². The average molecular weight is 472 g/mol. The summed E-state index contributed by atoms with van der Waals surface area (Å²) in [5.74, 6) is 0. The fourth-order valence-electron chi connectivity index (χ4n) is 3.92. The van der Waals surface area contributed by atoms with E-state index < -0.39 is 98.7 Å². The maximum Gasteiger partial charge on any atom is 0.187 e. The van der Waals surface area contributed by atoms with Gasteiger partial charge >= 0.3 is 0 Å². The third-order valence-corrected chi connectivity index (χ3v) is 6.02. The third kappa shape index (κ3) is 4.94. The lowest BCUT2D eigenvalue weighted by atomic mass is 9.96.